The molecule has 21 heavy (non-hydrogen) atoms. The second-order valence-corrected chi connectivity index (χ2v) is 5.20. The first-order chi connectivity index (χ1) is 10.1. The number of halogens is 1. The Kier molecular flexibility index (Phi) is 3.56. The molecule has 0 atom stereocenters. The Bertz CT molecular complexity index is 683. The third kappa shape index (κ3) is 3.02. The van der Waals surface area contributed by atoms with Crippen LogP contribution in [0.15, 0.2) is 30.5 Å². The number of fused-ring (bicyclic) bond motifs is 1. The van der Waals surface area contributed by atoms with Crippen molar-refractivity contribution in [3.63, 3.8) is 0 Å². The van der Waals surface area contributed by atoms with Gasteiger partial charge in [0.05, 0.1) is 5.69 Å². The number of aryl methyl sites for hydroxylation is 2. The Morgan fingerprint density at radius 3 is 2.95 bits per heavy atom. The van der Waals surface area contributed by atoms with Crippen LogP contribution in [0.3, 0.4) is 0 Å². The molecule has 1 amide bonds. The molecule has 0 bridgehead atoms. The lowest BCUT2D eigenvalue weighted by atomic mass is 10.0. The molecule has 4 nitrogen and oxygen atoms in total. The number of aromatic nitrogens is 1. The zero-order valence-corrected chi connectivity index (χ0v) is 11.7. The van der Waals surface area contributed by atoms with Crippen molar-refractivity contribution in [3.05, 3.63) is 53.1 Å². The molecule has 3 rings (SSSR count). The second-order valence-electron chi connectivity index (χ2n) is 5.20. The van der Waals surface area contributed by atoms with Crippen molar-refractivity contribution in [1.82, 2.24) is 4.98 Å². The summed E-state index contributed by atoms with van der Waals surface area (Å²) in [5, 5.41) is 5.82. The van der Waals surface area contributed by atoms with E-state index in [0.29, 0.717) is 30.8 Å². The minimum absolute atomic E-state index is 0.0252. The Labute approximate surface area is 122 Å². The van der Waals surface area contributed by atoms with Crippen LogP contribution in [0.5, 0.6) is 0 Å². The predicted molar refractivity (Wildman–Crippen MR) is 79.7 cm³/mol. The van der Waals surface area contributed by atoms with Gasteiger partial charge in [-0.15, -0.1) is 0 Å². The van der Waals surface area contributed by atoms with E-state index in [1.807, 2.05) is 19.1 Å². The van der Waals surface area contributed by atoms with Gasteiger partial charge in [0.1, 0.15) is 5.82 Å². The quantitative estimate of drug-likeness (QED) is 0.911. The van der Waals surface area contributed by atoms with Crippen LogP contribution in [0.2, 0.25) is 0 Å². The molecular weight excluding hydrogens is 269 g/mol. The van der Waals surface area contributed by atoms with Gasteiger partial charge in [0, 0.05) is 30.5 Å². The second kappa shape index (κ2) is 5.52. The number of hydrogen-bond donors (Lipinski definition) is 2. The topological polar surface area (TPSA) is 54.0 Å². The Hall–Kier alpha value is -2.43. The van der Waals surface area contributed by atoms with Crippen LogP contribution in [0.25, 0.3) is 0 Å². The van der Waals surface area contributed by atoms with Crippen LogP contribution < -0.4 is 10.6 Å². The Morgan fingerprint density at radius 2 is 2.19 bits per heavy atom. The third-order valence-electron chi connectivity index (χ3n) is 3.54. The summed E-state index contributed by atoms with van der Waals surface area (Å²) in [5.74, 6) is -0.326. The minimum Gasteiger partial charge on any atom is -0.378 e. The fraction of sp³-hybridized carbons (Fsp3) is 0.250. The van der Waals surface area contributed by atoms with Crippen molar-refractivity contribution in [2.45, 2.75) is 26.3 Å². The monoisotopic (exact) mass is 285 g/mol. The number of rotatable bonds is 3. The van der Waals surface area contributed by atoms with E-state index in [9.17, 15) is 9.18 Å². The highest BCUT2D eigenvalue weighted by Gasteiger charge is 2.17. The number of carbonyl (C=O) groups excluding carboxylic acids is 1. The number of nitrogens with one attached hydrogen (secondary N) is 2. The first-order valence-electron chi connectivity index (χ1n) is 6.89. The lowest BCUT2D eigenvalue weighted by molar-refractivity contribution is -0.116. The molecule has 0 saturated heterocycles. The highest BCUT2D eigenvalue weighted by Crippen LogP contribution is 2.28. The average Bonchev–Trinajstić information content (AvgIpc) is 2.47. The van der Waals surface area contributed by atoms with Crippen molar-refractivity contribution in [2.75, 3.05) is 10.6 Å². The van der Waals surface area contributed by atoms with E-state index < -0.39 is 0 Å². The molecule has 1 aliphatic rings. The summed E-state index contributed by atoms with van der Waals surface area (Å²) in [7, 11) is 0. The summed E-state index contributed by atoms with van der Waals surface area (Å²) in [5.41, 5.74) is 3.84. The molecule has 108 valence electrons. The highest BCUT2D eigenvalue weighted by atomic mass is 19.1. The molecule has 1 aromatic heterocycles. The van der Waals surface area contributed by atoms with Gasteiger partial charge in [0.25, 0.3) is 0 Å². The van der Waals surface area contributed by atoms with Crippen molar-refractivity contribution in [2.24, 2.45) is 0 Å². The van der Waals surface area contributed by atoms with Crippen molar-refractivity contribution < 1.29 is 9.18 Å². The molecule has 2 aromatic rings. The van der Waals surface area contributed by atoms with Crippen LogP contribution in [0.4, 0.5) is 15.8 Å². The minimum atomic E-state index is -0.301. The van der Waals surface area contributed by atoms with Crippen LogP contribution in [0.1, 0.15) is 23.2 Å². The third-order valence-corrected chi connectivity index (χ3v) is 3.54. The molecule has 1 aromatic carbocycles. The fourth-order valence-corrected chi connectivity index (χ4v) is 2.33. The van der Waals surface area contributed by atoms with E-state index in [2.05, 4.69) is 15.6 Å². The molecule has 0 radical (unpaired) electrons. The van der Waals surface area contributed by atoms with Gasteiger partial charge in [-0.3, -0.25) is 9.78 Å². The van der Waals surface area contributed by atoms with Gasteiger partial charge in [0.15, 0.2) is 0 Å². The van der Waals surface area contributed by atoms with Crippen LogP contribution in [-0.4, -0.2) is 10.9 Å². The molecule has 0 saturated carbocycles. The van der Waals surface area contributed by atoms with E-state index in [1.54, 1.807) is 12.3 Å². The Balaban J connectivity index is 1.77. The van der Waals surface area contributed by atoms with E-state index in [4.69, 9.17) is 0 Å². The van der Waals surface area contributed by atoms with Gasteiger partial charge in [-0.25, -0.2) is 4.39 Å². The molecule has 0 aliphatic carbocycles. The van der Waals surface area contributed by atoms with E-state index in [1.165, 1.54) is 6.07 Å². The number of hydrogen-bond acceptors (Lipinski definition) is 3. The van der Waals surface area contributed by atoms with Crippen LogP contribution in [0, 0.1) is 12.7 Å². The lowest BCUT2D eigenvalue weighted by Crippen LogP contribution is -2.19. The van der Waals surface area contributed by atoms with Crippen LogP contribution >= 0.6 is 0 Å². The Morgan fingerprint density at radius 1 is 1.33 bits per heavy atom. The summed E-state index contributed by atoms with van der Waals surface area (Å²) in [6, 6.07) is 7.02. The summed E-state index contributed by atoms with van der Waals surface area (Å²) in [6.45, 7) is 2.40. The number of amides is 1. The smallest absolute Gasteiger partial charge is 0.224 e. The largest absolute Gasteiger partial charge is 0.378 e. The van der Waals surface area contributed by atoms with Crippen LogP contribution in [-0.2, 0) is 17.8 Å². The van der Waals surface area contributed by atoms with E-state index in [-0.39, 0.29) is 11.7 Å². The molecule has 0 spiro atoms. The summed E-state index contributed by atoms with van der Waals surface area (Å²) in [4.78, 5) is 15.6. The first-order valence-corrected chi connectivity index (χ1v) is 6.89. The number of carbonyl (C=O) groups is 1. The average molecular weight is 285 g/mol. The molecule has 2 heterocycles. The molecule has 0 unspecified atom stereocenters. The number of benzene rings is 1. The van der Waals surface area contributed by atoms with Crippen molar-refractivity contribution in [1.29, 1.82) is 0 Å². The predicted octanol–water partition coefficient (Wildman–Crippen LogP) is 3.03. The van der Waals surface area contributed by atoms with Gasteiger partial charge in [0.2, 0.25) is 5.91 Å². The molecular formula is C16H16FN3O. The number of nitrogens with zero attached hydrogens (tertiary/aromatic N) is 1. The highest BCUT2D eigenvalue weighted by molar-refractivity contribution is 5.94. The zero-order chi connectivity index (χ0) is 14.8. The van der Waals surface area contributed by atoms with Gasteiger partial charge >= 0.3 is 0 Å². The number of pyridine rings is 1. The van der Waals surface area contributed by atoms with E-state index in [0.717, 1.165) is 16.8 Å². The fourth-order valence-electron chi connectivity index (χ4n) is 2.33. The van der Waals surface area contributed by atoms with Crippen molar-refractivity contribution in [3.8, 4) is 0 Å². The SMILES string of the molecule is Cc1ccc(CNc2cc3c(cc2F)CCC(=O)N3)cn1. The van der Waals surface area contributed by atoms with Crippen molar-refractivity contribution >= 4 is 17.3 Å². The summed E-state index contributed by atoms with van der Waals surface area (Å²) < 4.78 is 14.1. The molecule has 5 heteroatoms. The van der Waals surface area contributed by atoms with Gasteiger partial charge in [-0.05, 0) is 42.7 Å². The maximum atomic E-state index is 14.1. The van der Waals surface area contributed by atoms with Gasteiger partial charge in [-0.2, -0.15) is 0 Å². The van der Waals surface area contributed by atoms with E-state index >= 15 is 0 Å². The maximum absolute atomic E-state index is 14.1. The van der Waals surface area contributed by atoms with Gasteiger partial charge < -0.3 is 10.6 Å². The molecule has 0 fully saturated rings. The number of anilines is 2. The maximum Gasteiger partial charge on any atom is 0.224 e. The first kappa shape index (κ1) is 13.5. The molecule has 2 N–H and O–H groups in total. The zero-order valence-electron chi connectivity index (χ0n) is 11.7. The molecule has 1 aliphatic heterocycles. The lowest BCUT2D eigenvalue weighted by Gasteiger charge is -2.18. The normalized spacial score (nSPS) is 13.5. The standard InChI is InChI=1S/C16H16FN3O/c1-10-2-3-11(8-18-10)9-19-15-7-14-12(6-13(15)17)4-5-16(21)20-14/h2-3,6-8,19H,4-5,9H2,1H3,(H,20,21). The van der Waals surface area contributed by atoms with Gasteiger partial charge in [-0.1, -0.05) is 6.07 Å². The summed E-state index contributed by atoms with van der Waals surface area (Å²) in [6.07, 6.45) is 2.76. The summed E-state index contributed by atoms with van der Waals surface area (Å²) >= 11 is 0.